The van der Waals surface area contributed by atoms with Crippen molar-refractivity contribution in [2.24, 2.45) is 0 Å². The molecule has 0 unspecified atom stereocenters. The molecule has 3 aromatic rings. The number of thiazole rings is 1. The zero-order valence-electron chi connectivity index (χ0n) is 12.9. The molecule has 4 rings (SSSR count). The van der Waals surface area contributed by atoms with E-state index >= 15 is 0 Å². The van der Waals surface area contributed by atoms with Crippen LogP contribution in [-0.2, 0) is 0 Å². The first kappa shape index (κ1) is 14.9. The van der Waals surface area contributed by atoms with Crippen LogP contribution in [0.4, 0.5) is 10.1 Å². The summed E-state index contributed by atoms with van der Waals surface area (Å²) < 4.78 is 18.8. The Kier molecular flexibility index (Phi) is 3.57. The van der Waals surface area contributed by atoms with E-state index in [2.05, 4.69) is 9.97 Å². The predicted octanol–water partition coefficient (Wildman–Crippen LogP) is 3.62. The number of hydrogen-bond donors (Lipinski definition) is 1. The van der Waals surface area contributed by atoms with Crippen LogP contribution in [0.1, 0.15) is 15.5 Å². The Balaban J connectivity index is 1.65. The number of aromatic nitrogens is 2. The molecule has 122 valence electrons. The second kappa shape index (κ2) is 5.76. The van der Waals surface area contributed by atoms with E-state index < -0.39 is 0 Å². The van der Waals surface area contributed by atoms with Crippen LogP contribution >= 0.6 is 11.3 Å². The molecule has 3 heterocycles. The van der Waals surface area contributed by atoms with Crippen molar-refractivity contribution in [2.75, 3.05) is 18.1 Å². The fourth-order valence-electron chi connectivity index (χ4n) is 2.71. The predicted molar refractivity (Wildman–Crippen MR) is 90.2 cm³/mol. The topological polar surface area (TPSA) is 58.2 Å². The molecule has 0 aliphatic carbocycles. The Hall–Kier alpha value is -2.67. The first-order valence-corrected chi connectivity index (χ1v) is 8.35. The van der Waals surface area contributed by atoms with Crippen molar-refractivity contribution in [3.05, 3.63) is 52.4 Å². The van der Waals surface area contributed by atoms with E-state index in [-0.39, 0.29) is 11.7 Å². The van der Waals surface area contributed by atoms with Crippen LogP contribution in [0.5, 0.6) is 5.75 Å². The molecule has 7 heteroatoms. The van der Waals surface area contributed by atoms with E-state index in [4.69, 9.17) is 4.74 Å². The van der Waals surface area contributed by atoms with Gasteiger partial charge in [0.15, 0.2) is 0 Å². The number of carbonyl (C=O) groups is 1. The molecule has 1 amide bonds. The summed E-state index contributed by atoms with van der Waals surface area (Å²) in [7, 11) is 0. The number of nitrogens with one attached hydrogen (secondary N) is 1. The molecule has 0 spiro atoms. The van der Waals surface area contributed by atoms with Gasteiger partial charge in [-0.3, -0.25) is 4.79 Å². The summed E-state index contributed by atoms with van der Waals surface area (Å²) in [5, 5.41) is 2.93. The van der Waals surface area contributed by atoms with Crippen LogP contribution in [-0.4, -0.2) is 29.0 Å². The van der Waals surface area contributed by atoms with Crippen LogP contribution in [0.2, 0.25) is 0 Å². The number of ether oxygens (including phenoxy) is 1. The largest absolute Gasteiger partial charge is 0.489 e. The molecule has 0 fully saturated rings. The molecule has 1 aliphatic heterocycles. The number of anilines is 1. The normalized spacial score (nSPS) is 13.5. The maximum Gasteiger partial charge on any atom is 0.274 e. The molecule has 0 saturated heterocycles. The van der Waals surface area contributed by atoms with Gasteiger partial charge in [-0.2, -0.15) is 0 Å². The van der Waals surface area contributed by atoms with Crippen LogP contribution in [0, 0.1) is 12.7 Å². The molecule has 5 nitrogen and oxygen atoms in total. The number of rotatable bonds is 2. The highest BCUT2D eigenvalue weighted by Gasteiger charge is 2.26. The fraction of sp³-hybridized carbons (Fsp3) is 0.176. The van der Waals surface area contributed by atoms with Crippen molar-refractivity contribution >= 4 is 22.9 Å². The highest BCUT2D eigenvalue weighted by atomic mass is 32.1. The summed E-state index contributed by atoms with van der Waals surface area (Å²) in [6.45, 7) is 2.69. The van der Waals surface area contributed by atoms with Crippen LogP contribution < -0.4 is 9.64 Å². The Morgan fingerprint density at radius 1 is 1.42 bits per heavy atom. The standard InChI is InChI=1S/C17H14FN3O2S/c1-10-20-14(9-24-10)11-6-13(19-8-11)17(22)21-4-5-23-16-7-12(18)2-3-15(16)21/h2-3,6-9,19H,4-5H2,1H3. The smallest absolute Gasteiger partial charge is 0.274 e. The number of hydrogen-bond acceptors (Lipinski definition) is 4. The number of aryl methyl sites for hydroxylation is 1. The minimum absolute atomic E-state index is 0.177. The van der Waals surface area contributed by atoms with Gasteiger partial charge in [-0.25, -0.2) is 9.37 Å². The van der Waals surface area contributed by atoms with E-state index in [1.165, 1.54) is 12.1 Å². The van der Waals surface area contributed by atoms with Crippen molar-refractivity contribution in [1.82, 2.24) is 9.97 Å². The van der Waals surface area contributed by atoms with Crippen LogP contribution in [0.3, 0.4) is 0 Å². The van der Waals surface area contributed by atoms with E-state index in [0.29, 0.717) is 30.3 Å². The van der Waals surface area contributed by atoms with Gasteiger partial charge in [0.05, 0.1) is 22.9 Å². The Morgan fingerprint density at radius 2 is 2.29 bits per heavy atom. The third-order valence-corrected chi connectivity index (χ3v) is 4.63. The summed E-state index contributed by atoms with van der Waals surface area (Å²) >= 11 is 1.56. The molecule has 1 aromatic carbocycles. The van der Waals surface area contributed by atoms with Crippen molar-refractivity contribution in [2.45, 2.75) is 6.92 Å². The van der Waals surface area contributed by atoms with E-state index in [9.17, 15) is 9.18 Å². The average molecular weight is 343 g/mol. The summed E-state index contributed by atoms with van der Waals surface area (Å²) in [4.78, 5) is 21.9. The lowest BCUT2D eigenvalue weighted by atomic mass is 10.2. The van der Waals surface area contributed by atoms with Crippen molar-refractivity contribution in [1.29, 1.82) is 0 Å². The lowest BCUT2D eigenvalue weighted by Crippen LogP contribution is -2.38. The maximum absolute atomic E-state index is 13.3. The number of halogens is 1. The zero-order chi connectivity index (χ0) is 16.7. The Bertz CT molecular complexity index is 918. The van der Waals surface area contributed by atoms with Crippen molar-refractivity contribution < 1.29 is 13.9 Å². The molecule has 0 saturated carbocycles. The van der Waals surface area contributed by atoms with Gasteiger partial charge in [0.25, 0.3) is 5.91 Å². The van der Waals surface area contributed by atoms with Gasteiger partial charge >= 0.3 is 0 Å². The average Bonchev–Trinajstić information content (AvgIpc) is 3.22. The first-order valence-electron chi connectivity index (χ1n) is 7.47. The summed E-state index contributed by atoms with van der Waals surface area (Å²) in [6, 6.07) is 5.98. The quantitative estimate of drug-likeness (QED) is 0.773. The minimum Gasteiger partial charge on any atom is -0.489 e. The van der Waals surface area contributed by atoms with Gasteiger partial charge in [0.1, 0.15) is 23.9 Å². The molecule has 0 radical (unpaired) electrons. The molecule has 1 N–H and O–H groups in total. The number of carbonyl (C=O) groups excluding carboxylic acids is 1. The Labute approximate surface area is 141 Å². The van der Waals surface area contributed by atoms with E-state index in [1.54, 1.807) is 34.6 Å². The van der Waals surface area contributed by atoms with Gasteiger partial charge in [0.2, 0.25) is 0 Å². The molecule has 24 heavy (non-hydrogen) atoms. The highest BCUT2D eigenvalue weighted by molar-refractivity contribution is 7.09. The summed E-state index contributed by atoms with van der Waals surface area (Å²) in [6.07, 6.45) is 1.77. The molecule has 0 atom stereocenters. The second-order valence-corrected chi connectivity index (χ2v) is 6.53. The summed E-state index contributed by atoms with van der Waals surface area (Å²) in [5.74, 6) is -0.176. The number of amides is 1. The number of nitrogens with zero attached hydrogens (tertiary/aromatic N) is 2. The maximum atomic E-state index is 13.3. The van der Waals surface area contributed by atoms with Gasteiger partial charge in [-0.05, 0) is 25.1 Å². The van der Waals surface area contributed by atoms with Gasteiger partial charge in [-0.15, -0.1) is 11.3 Å². The van der Waals surface area contributed by atoms with Crippen molar-refractivity contribution in [3.63, 3.8) is 0 Å². The highest BCUT2D eigenvalue weighted by Crippen LogP contribution is 2.33. The molecule has 1 aliphatic rings. The third-order valence-electron chi connectivity index (χ3n) is 3.86. The molecular weight excluding hydrogens is 329 g/mol. The van der Waals surface area contributed by atoms with Gasteiger partial charge in [-0.1, -0.05) is 0 Å². The minimum atomic E-state index is -0.385. The van der Waals surface area contributed by atoms with Gasteiger partial charge < -0.3 is 14.6 Å². The fourth-order valence-corrected chi connectivity index (χ4v) is 3.33. The molecular formula is C17H14FN3O2S. The van der Waals surface area contributed by atoms with Crippen LogP contribution in [0.25, 0.3) is 11.3 Å². The van der Waals surface area contributed by atoms with Crippen LogP contribution in [0.15, 0.2) is 35.8 Å². The first-order chi connectivity index (χ1) is 11.6. The summed E-state index contributed by atoms with van der Waals surface area (Å²) in [5.41, 5.74) is 2.76. The SMILES string of the molecule is Cc1nc(-c2c[nH]c(C(=O)N3CCOc4cc(F)ccc43)c2)cs1. The van der Waals surface area contributed by atoms with E-state index in [1.807, 2.05) is 12.3 Å². The number of benzene rings is 1. The number of fused-ring (bicyclic) bond motifs is 1. The third kappa shape index (κ3) is 2.56. The number of aromatic amines is 1. The lowest BCUT2D eigenvalue weighted by molar-refractivity contribution is 0.0972. The van der Waals surface area contributed by atoms with Gasteiger partial charge in [0, 0.05) is 23.2 Å². The monoisotopic (exact) mass is 343 g/mol. The molecule has 0 bridgehead atoms. The van der Waals surface area contributed by atoms with Crippen molar-refractivity contribution in [3.8, 4) is 17.0 Å². The zero-order valence-corrected chi connectivity index (χ0v) is 13.7. The molecule has 2 aromatic heterocycles. The Morgan fingerprint density at radius 3 is 3.08 bits per heavy atom. The van der Waals surface area contributed by atoms with E-state index in [0.717, 1.165) is 16.3 Å². The second-order valence-electron chi connectivity index (χ2n) is 5.47. The lowest BCUT2D eigenvalue weighted by Gasteiger charge is -2.29. The number of H-pyrrole nitrogens is 1.